The number of hydrogen-bond donors (Lipinski definition) is 3. The summed E-state index contributed by atoms with van der Waals surface area (Å²) in [7, 11) is 0. The molecule has 0 spiro atoms. The van der Waals surface area contributed by atoms with Gasteiger partial charge in [-0.2, -0.15) is 0 Å². The minimum atomic E-state index is -0.260. The van der Waals surface area contributed by atoms with Crippen molar-refractivity contribution < 1.29 is 4.79 Å². The van der Waals surface area contributed by atoms with E-state index in [9.17, 15) is 4.79 Å². The monoisotopic (exact) mass is 259 g/mol. The second-order valence-corrected chi connectivity index (χ2v) is 4.86. The van der Waals surface area contributed by atoms with E-state index in [1.54, 1.807) is 18.2 Å². The molecule has 0 bridgehead atoms. The molecule has 0 saturated carbocycles. The van der Waals surface area contributed by atoms with E-state index < -0.39 is 0 Å². The number of hydrogen-bond acceptors (Lipinski definition) is 4. The first-order chi connectivity index (χ1) is 7.58. The molecule has 4 nitrogen and oxygen atoms in total. The number of anilines is 1. The van der Waals surface area contributed by atoms with Gasteiger partial charge in [0.2, 0.25) is 5.91 Å². The summed E-state index contributed by atoms with van der Waals surface area (Å²) in [5.41, 5.74) is 8.41. The van der Waals surface area contributed by atoms with Crippen molar-refractivity contribution in [3.8, 4) is 0 Å². The van der Waals surface area contributed by atoms with Gasteiger partial charge in [-0.1, -0.05) is 18.5 Å². The number of hydrazine groups is 1. The Morgan fingerprint density at radius 3 is 2.88 bits per heavy atom. The van der Waals surface area contributed by atoms with Gasteiger partial charge in [0.15, 0.2) is 0 Å². The van der Waals surface area contributed by atoms with Crippen molar-refractivity contribution >= 4 is 35.0 Å². The van der Waals surface area contributed by atoms with Gasteiger partial charge in [0.25, 0.3) is 0 Å². The minimum Gasteiger partial charge on any atom is -0.399 e. The molecule has 1 aromatic rings. The maximum atomic E-state index is 11.4. The van der Waals surface area contributed by atoms with Crippen molar-refractivity contribution in [2.75, 3.05) is 5.73 Å². The number of thioether (sulfide) groups is 1. The largest absolute Gasteiger partial charge is 0.399 e. The summed E-state index contributed by atoms with van der Waals surface area (Å²) in [5.74, 6) is 4.88. The van der Waals surface area contributed by atoms with Gasteiger partial charge in [0, 0.05) is 10.6 Å². The third-order valence-electron chi connectivity index (χ3n) is 2.03. The molecule has 0 aliphatic heterocycles. The Hall–Kier alpha value is -0.910. The van der Waals surface area contributed by atoms with Crippen LogP contribution >= 0.6 is 23.4 Å². The highest BCUT2D eigenvalue weighted by molar-refractivity contribution is 8.00. The van der Waals surface area contributed by atoms with Crippen molar-refractivity contribution in [1.29, 1.82) is 0 Å². The second kappa shape index (κ2) is 5.98. The molecule has 0 aliphatic carbocycles. The van der Waals surface area contributed by atoms with Crippen LogP contribution in [0.25, 0.3) is 0 Å². The maximum Gasteiger partial charge on any atom is 0.247 e. The molecule has 88 valence electrons. The van der Waals surface area contributed by atoms with E-state index >= 15 is 0 Å². The molecule has 6 heteroatoms. The molecule has 1 aromatic carbocycles. The normalized spacial score (nSPS) is 12.2. The van der Waals surface area contributed by atoms with E-state index in [1.165, 1.54) is 11.8 Å². The predicted octanol–water partition coefficient (Wildman–Crippen LogP) is 1.78. The zero-order valence-electron chi connectivity index (χ0n) is 8.87. The van der Waals surface area contributed by atoms with Gasteiger partial charge in [-0.15, -0.1) is 11.8 Å². The minimum absolute atomic E-state index is 0.217. The standard InChI is InChI=1S/C10H14ClN3OS/c1-2-8(10(15)14-13)16-9-5-6(12)3-4-7(9)11/h3-5,8H,2,12-13H2,1H3,(H,14,15). The summed E-state index contributed by atoms with van der Waals surface area (Å²) >= 11 is 7.36. The van der Waals surface area contributed by atoms with Crippen molar-refractivity contribution in [3.05, 3.63) is 23.2 Å². The molecule has 1 atom stereocenters. The Balaban J connectivity index is 2.85. The number of rotatable bonds is 4. The molecule has 0 aliphatic rings. The third-order valence-corrected chi connectivity index (χ3v) is 3.90. The van der Waals surface area contributed by atoms with E-state index in [0.29, 0.717) is 17.1 Å². The first-order valence-corrected chi connectivity index (χ1v) is 6.06. The molecule has 0 heterocycles. The van der Waals surface area contributed by atoms with Crippen LogP contribution in [0.4, 0.5) is 5.69 Å². The fourth-order valence-corrected chi connectivity index (χ4v) is 2.46. The van der Waals surface area contributed by atoms with E-state index in [4.69, 9.17) is 23.2 Å². The first kappa shape index (κ1) is 13.2. The lowest BCUT2D eigenvalue weighted by Crippen LogP contribution is -2.37. The van der Waals surface area contributed by atoms with E-state index in [0.717, 1.165) is 4.90 Å². The number of nitrogens with two attached hydrogens (primary N) is 2. The zero-order valence-corrected chi connectivity index (χ0v) is 10.4. The van der Waals surface area contributed by atoms with Gasteiger partial charge in [0.05, 0.1) is 10.3 Å². The maximum absolute atomic E-state index is 11.4. The Bertz CT molecular complexity index is 386. The Morgan fingerprint density at radius 2 is 2.31 bits per heavy atom. The van der Waals surface area contributed by atoms with Crippen LogP contribution < -0.4 is 17.0 Å². The number of nitrogen functional groups attached to an aromatic ring is 1. The number of nitrogens with one attached hydrogen (secondary N) is 1. The lowest BCUT2D eigenvalue weighted by molar-refractivity contribution is -0.120. The van der Waals surface area contributed by atoms with Gasteiger partial charge in [0.1, 0.15) is 0 Å². The van der Waals surface area contributed by atoms with E-state index in [-0.39, 0.29) is 11.2 Å². The average molecular weight is 260 g/mol. The van der Waals surface area contributed by atoms with Crippen LogP contribution in [0.15, 0.2) is 23.1 Å². The molecular formula is C10H14ClN3OS. The van der Waals surface area contributed by atoms with Crippen LogP contribution in [-0.4, -0.2) is 11.2 Å². The van der Waals surface area contributed by atoms with Crippen LogP contribution in [0.2, 0.25) is 5.02 Å². The van der Waals surface area contributed by atoms with Gasteiger partial charge >= 0.3 is 0 Å². The first-order valence-electron chi connectivity index (χ1n) is 4.80. The number of benzene rings is 1. The lowest BCUT2D eigenvalue weighted by Gasteiger charge is -2.13. The summed E-state index contributed by atoms with van der Waals surface area (Å²) in [6.07, 6.45) is 0.666. The number of amides is 1. The number of carbonyl (C=O) groups is 1. The summed E-state index contributed by atoms with van der Waals surface area (Å²) in [6, 6.07) is 5.18. The summed E-state index contributed by atoms with van der Waals surface area (Å²) < 4.78 is 0. The van der Waals surface area contributed by atoms with Crippen LogP contribution in [0.3, 0.4) is 0 Å². The van der Waals surface area contributed by atoms with Crippen LogP contribution in [-0.2, 0) is 4.79 Å². The quantitative estimate of drug-likeness (QED) is 0.253. The van der Waals surface area contributed by atoms with Gasteiger partial charge in [-0.3, -0.25) is 10.2 Å². The van der Waals surface area contributed by atoms with Crippen molar-refractivity contribution in [2.24, 2.45) is 5.84 Å². The number of carbonyl (C=O) groups excluding carboxylic acids is 1. The molecule has 0 fully saturated rings. The summed E-state index contributed by atoms with van der Waals surface area (Å²) in [5, 5.41) is 0.326. The molecule has 1 unspecified atom stereocenters. The number of halogens is 1. The lowest BCUT2D eigenvalue weighted by atomic mass is 10.3. The van der Waals surface area contributed by atoms with Gasteiger partial charge in [-0.25, -0.2) is 5.84 Å². The van der Waals surface area contributed by atoms with Crippen molar-refractivity contribution in [1.82, 2.24) is 5.43 Å². The third kappa shape index (κ3) is 3.30. The van der Waals surface area contributed by atoms with E-state index in [1.807, 2.05) is 6.92 Å². The fraction of sp³-hybridized carbons (Fsp3) is 0.300. The SMILES string of the molecule is CCC(Sc1cc(N)ccc1Cl)C(=O)NN. The molecule has 0 radical (unpaired) electrons. The molecule has 1 rings (SSSR count). The molecule has 5 N–H and O–H groups in total. The van der Waals surface area contributed by atoms with Crippen molar-refractivity contribution in [3.63, 3.8) is 0 Å². The second-order valence-electron chi connectivity index (χ2n) is 3.21. The van der Waals surface area contributed by atoms with Crippen LogP contribution in [0.5, 0.6) is 0 Å². The topological polar surface area (TPSA) is 81.1 Å². The van der Waals surface area contributed by atoms with Crippen LogP contribution in [0, 0.1) is 0 Å². The smallest absolute Gasteiger partial charge is 0.247 e. The highest BCUT2D eigenvalue weighted by Crippen LogP contribution is 2.33. The van der Waals surface area contributed by atoms with Crippen molar-refractivity contribution in [2.45, 2.75) is 23.5 Å². The molecular weight excluding hydrogens is 246 g/mol. The highest BCUT2D eigenvalue weighted by Gasteiger charge is 2.18. The average Bonchev–Trinajstić information content (AvgIpc) is 2.29. The highest BCUT2D eigenvalue weighted by atomic mass is 35.5. The fourth-order valence-electron chi connectivity index (χ4n) is 1.18. The summed E-state index contributed by atoms with van der Waals surface area (Å²) in [4.78, 5) is 12.2. The van der Waals surface area contributed by atoms with Gasteiger partial charge in [-0.05, 0) is 24.6 Å². The van der Waals surface area contributed by atoms with Crippen LogP contribution in [0.1, 0.15) is 13.3 Å². The molecule has 16 heavy (non-hydrogen) atoms. The van der Waals surface area contributed by atoms with Gasteiger partial charge < -0.3 is 5.73 Å². The Kier molecular flexibility index (Phi) is 4.92. The molecule has 0 saturated heterocycles. The zero-order chi connectivity index (χ0) is 12.1. The predicted molar refractivity (Wildman–Crippen MR) is 68.1 cm³/mol. The molecule has 1 amide bonds. The Morgan fingerprint density at radius 1 is 1.62 bits per heavy atom. The van der Waals surface area contributed by atoms with E-state index in [2.05, 4.69) is 5.43 Å². The summed E-state index contributed by atoms with van der Waals surface area (Å²) in [6.45, 7) is 1.91. The Labute approximate surface area is 104 Å². The molecule has 0 aromatic heterocycles.